The van der Waals surface area contributed by atoms with Crippen LogP contribution in [0.15, 0.2) is 53.0 Å². The van der Waals surface area contributed by atoms with Crippen LogP contribution in [0.25, 0.3) is 6.08 Å². The van der Waals surface area contributed by atoms with Gasteiger partial charge in [0.2, 0.25) is 0 Å². The molecule has 2 rings (SSSR count). The second-order valence-electron chi connectivity index (χ2n) is 5.78. The Hall–Kier alpha value is -4.12. The number of carboxylic acid groups (broad SMARTS) is 1. The second-order valence-corrected chi connectivity index (χ2v) is 5.78. The van der Waals surface area contributed by atoms with Gasteiger partial charge in [-0.2, -0.15) is 5.26 Å². The number of nitrogens with two attached hydrogens (primary N) is 2. The molecule has 0 aliphatic rings. The maximum atomic E-state index is 12.5. The number of carboxylic acids is 1. The number of carbonyl (C=O) groups excluding carboxylic acids is 1. The van der Waals surface area contributed by atoms with Crippen molar-refractivity contribution in [1.29, 1.82) is 5.26 Å². The number of aliphatic imine (C=N–C) groups is 1. The molecule has 1 amide bonds. The highest BCUT2D eigenvalue weighted by atomic mass is 16.4. The number of nitriles is 1. The van der Waals surface area contributed by atoms with Crippen molar-refractivity contribution in [3.63, 3.8) is 0 Å². The predicted molar refractivity (Wildman–Crippen MR) is 107 cm³/mol. The van der Waals surface area contributed by atoms with Gasteiger partial charge >= 0.3 is 5.97 Å². The average molecular weight is 377 g/mol. The molecule has 0 bridgehead atoms. The zero-order chi connectivity index (χ0) is 20.7. The maximum absolute atomic E-state index is 12.5. The van der Waals surface area contributed by atoms with Crippen LogP contribution in [0.2, 0.25) is 0 Å². The Morgan fingerprint density at radius 3 is 2.61 bits per heavy atom. The van der Waals surface area contributed by atoms with E-state index in [0.29, 0.717) is 28.9 Å². The van der Waals surface area contributed by atoms with Crippen LogP contribution in [0, 0.1) is 11.3 Å². The van der Waals surface area contributed by atoms with Gasteiger partial charge in [-0.05, 0) is 48.4 Å². The van der Waals surface area contributed by atoms with Crippen molar-refractivity contribution in [2.45, 2.75) is 13.3 Å². The number of amides is 1. The molecule has 2 aromatic carbocycles. The number of carbonyl (C=O) groups is 2. The lowest BCUT2D eigenvalue weighted by Gasteiger charge is -2.08. The molecule has 142 valence electrons. The highest BCUT2D eigenvalue weighted by Gasteiger charge is 2.10. The smallest absolute Gasteiger partial charge is 0.331 e. The zero-order valence-corrected chi connectivity index (χ0v) is 15.1. The van der Waals surface area contributed by atoms with Crippen molar-refractivity contribution in [2.24, 2.45) is 16.5 Å². The minimum absolute atomic E-state index is 0.118. The van der Waals surface area contributed by atoms with Gasteiger partial charge in [-0.1, -0.05) is 19.1 Å². The molecule has 28 heavy (non-hydrogen) atoms. The number of guanidine groups is 1. The molecular formula is C20H19N5O3. The zero-order valence-electron chi connectivity index (χ0n) is 15.1. The first-order valence-electron chi connectivity index (χ1n) is 8.33. The number of nitrogens with one attached hydrogen (secondary N) is 1. The first-order chi connectivity index (χ1) is 13.3. The van der Waals surface area contributed by atoms with Crippen LogP contribution in [-0.4, -0.2) is 22.9 Å². The number of rotatable bonds is 6. The third-order valence-electron chi connectivity index (χ3n) is 3.78. The Morgan fingerprint density at radius 1 is 1.25 bits per heavy atom. The van der Waals surface area contributed by atoms with Crippen LogP contribution in [0.5, 0.6) is 0 Å². The van der Waals surface area contributed by atoms with E-state index in [-0.39, 0.29) is 17.1 Å². The van der Waals surface area contributed by atoms with Gasteiger partial charge in [-0.15, -0.1) is 0 Å². The second kappa shape index (κ2) is 9.00. The largest absolute Gasteiger partial charge is 0.478 e. The molecule has 0 atom stereocenters. The molecule has 0 spiro atoms. The van der Waals surface area contributed by atoms with Crippen molar-refractivity contribution >= 4 is 35.3 Å². The molecule has 8 nitrogen and oxygen atoms in total. The lowest BCUT2D eigenvalue weighted by atomic mass is 10.0. The minimum Gasteiger partial charge on any atom is -0.478 e. The summed E-state index contributed by atoms with van der Waals surface area (Å²) in [5, 5.41) is 21.2. The van der Waals surface area contributed by atoms with E-state index in [1.54, 1.807) is 37.3 Å². The summed E-state index contributed by atoms with van der Waals surface area (Å²) in [5.41, 5.74) is 12.8. The van der Waals surface area contributed by atoms with E-state index in [2.05, 4.69) is 10.3 Å². The van der Waals surface area contributed by atoms with E-state index < -0.39 is 11.9 Å². The van der Waals surface area contributed by atoms with E-state index in [1.165, 1.54) is 18.2 Å². The van der Waals surface area contributed by atoms with Crippen LogP contribution < -0.4 is 16.8 Å². The summed E-state index contributed by atoms with van der Waals surface area (Å²) in [4.78, 5) is 27.5. The van der Waals surface area contributed by atoms with Crippen molar-refractivity contribution in [3.8, 4) is 6.07 Å². The number of benzene rings is 2. The topological polar surface area (TPSA) is 155 Å². The van der Waals surface area contributed by atoms with Gasteiger partial charge in [0.25, 0.3) is 5.91 Å². The molecule has 0 saturated heterocycles. The predicted octanol–water partition coefficient (Wildman–Crippen LogP) is 2.59. The first kappa shape index (κ1) is 20.2. The molecule has 0 fully saturated rings. The van der Waals surface area contributed by atoms with Crippen molar-refractivity contribution < 1.29 is 14.7 Å². The Balaban J connectivity index is 2.28. The third-order valence-corrected chi connectivity index (χ3v) is 3.78. The Labute approximate surface area is 161 Å². The minimum atomic E-state index is -1.04. The molecular weight excluding hydrogens is 358 g/mol. The van der Waals surface area contributed by atoms with Crippen LogP contribution in [0.3, 0.4) is 0 Å². The fourth-order valence-corrected chi connectivity index (χ4v) is 2.43. The molecule has 8 heteroatoms. The lowest BCUT2D eigenvalue weighted by molar-refractivity contribution is -0.132. The molecule has 0 aliphatic carbocycles. The third kappa shape index (κ3) is 5.19. The van der Waals surface area contributed by atoms with Crippen LogP contribution >= 0.6 is 0 Å². The summed E-state index contributed by atoms with van der Waals surface area (Å²) >= 11 is 0. The highest BCUT2D eigenvalue weighted by Crippen LogP contribution is 2.21. The van der Waals surface area contributed by atoms with E-state index in [1.807, 2.05) is 6.07 Å². The molecule has 6 N–H and O–H groups in total. The van der Waals surface area contributed by atoms with E-state index in [9.17, 15) is 14.9 Å². The molecule has 0 heterocycles. The van der Waals surface area contributed by atoms with Crippen LogP contribution in [0.4, 0.5) is 11.4 Å². The Bertz CT molecular complexity index is 1010. The Morgan fingerprint density at radius 2 is 2.00 bits per heavy atom. The SMILES string of the molecule is CCC(=Cc1ccc(NC(=O)c2cccc(N=C(N)N)c2)cc1C#N)C(=O)O. The standard InChI is InChI=1S/C20H19N5O3/c1-2-12(19(27)28)8-13-6-7-17(10-15(13)11-21)24-18(26)14-4-3-5-16(9-14)25-20(22)23/h3-10H,2H2,1H3,(H,24,26)(H,27,28)(H4,22,23,25). The molecule has 2 aromatic rings. The molecule has 0 aromatic heterocycles. The van der Waals surface area contributed by atoms with Gasteiger partial charge in [0.15, 0.2) is 5.96 Å². The normalized spacial score (nSPS) is 10.6. The number of nitrogens with zero attached hydrogens (tertiary/aromatic N) is 2. The quantitative estimate of drug-likeness (QED) is 0.344. The summed E-state index contributed by atoms with van der Waals surface area (Å²) in [7, 11) is 0. The first-order valence-corrected chi connectivity index (χ1v) is 8.33. The molecule has 0 unspecified atom stereocenters. The summed E-state index contributed by atoms with van der Waals surface area (Å²) in [6, 6.07) is 13.1. The number of hydrogen-bond acceptors (Lipinski definition) is 4. The molecule has 0 aliphatic heterocycles. The number of hydrogen-bond donors (Lipinski definition) is 4. The summed E-state index contributed by atoms with van der Waals surface area (Å²) in [6.07, 6.45) is 1.77. The number of anilines is 1. The van der Waals surface area contributed by atoms with Crippen molar-refractivity contribution in [3.05, 3.63) is 64.7 Å². The summed E-state index contributed by atoms with van der Waals surface area (Å²) in [6.45, 7) is 1.72. The van der Waals surface area contributed by atoms with Gasteiger partial charge in [0.1, 0.15) is 0 Å². The average Bonchev–Trinajstić information content (AvgIpc) is 2.66. The maximum Gasteiger partial charge on any atom is 0.331 e. The lowest BCUT2D eigenvalue weighted by Crippen LogP contribution is -2.21. The van der Waals surface area contributed by atoms with E-state index in [4.69, 9.17) is 16.6 Å². The highest BCUT2D eigenvalue weighted by molar-refractivity contribution is 6.05. The van der Waals surface area contributed by atoms with Gasteiger partial charge in [-0.3, -0.25) is 4.79 Å². The molecule has 0 saturated carbocycles. The van der Waals surface area contributed by atoms with E-state index in [0.717, 1.165) is 0 Å². The summed E-state index contributed by atoms with van der Waals surface area (Å²) in [5.74, 6) is -1.56. The van der Waals surface area contributed by atoms with Crippen LogP contribution in [-0.2, 0) is 4.79 Å². The monoisotopic (exact) mass is 377 g/mol. The van der Waals surface area contributed by atoms with Crippen LogP contribution in [0.1, 0.15) is 34.8 Å². The summed E-state index contributed by atoms with van der Waals surface area (Å²) < 4.78 is 0. The van der Waals surface area contributed by atoms with Gasteiger partial charge in [0.05, 0.1) is 17.3 Å². The van der Waals surface area contributed by atoms with Gasteiger partial charge in [-0.25, -0.2) is 9.79 Å². The van der Waals surface area contributed by atoms with Crippen molar-refractivity contribution in [2.75, 3.05) is 5.32 Å². The van der Waals surface area contributed by atoms with E-state index >= 15 is 0 Å². The fourth-order valence-electron chi connectivity index (χ4n) is 2.43. The van der Waals surface area contributed by atoms with Crippen molar-refractivity contribution in [1.82, 2.24) is 0 Å². The van der Waals surface area contributed by atoms with Gasteiger partial charge < -0.3 is 21.9 Å². The van der Waals surface area contributed by atoms with Gasteiger partial charge in [0, 0.05) is 16.8 Å². The number of aliphatic carboxylic acids is 1. The molecule has 0 radical (unpaired) electrons. The fraction of sp³-hybridized carbons (Fsp3) is 0.100. The Kier molecular flexibility index (Phi) is 6.49.